The molecule has 0 aromatic carbocycles. The van der Waals surface area contributed by atoms with Crippen molar-refractivity contribution in [3.05, 3.63) is 11.8 Å². The van der Waals surface area contributed by atoms with E-state index >= 15 is 0 Å². The lowest BCUT2D eigenvalue weighted by molar-refractivity contribution is -0.136. The Morgan fingerprint density at radius 2 is 2.43 bits per heavy atom. The van der Waals surface area contributed by atoms with Crippen molar-refractivity contribution in [3.63, 3.8) is 0 Å². The highest BCUT2D eigenvalue weighted by molar-refractivity contribution is 9.09. The molecule has 0 bridgehead atoms. The van der Waals surface area contributed by atoms with Crippen LogP contribution < -0.4 is 5.32 Å². The van der Waals surface area contributed by atoms with E-state index in [0.717, 1.165) is 18.4 Å². The van der Waals surface area contributed by atoms with Crippen molar-refractivity contribution in [3.8, 4) is 0 Å². The van der Waals surface area contributed by atoms with Gasteiger partial charge in [0.2, 0.25) is 0 Å². The standard InChI is InChI=1S/C10H14BrNO2/c11-7-1-2-9-8(4-7)6(5-12-9)3-10(13)14/h5,7-9,12H,1-4H2,(H,13,14). The number of rotatable bonds is 2. The predicted octanol–water partition coefficient (Wildman–Crippen LogP) is 1.88. The summed E-state index contributed by atoms with van der Waals surface area (Å²) in [5.41, 5.74) is 1.06. The van der Waals surface area contributed by atoms with Gasteiger partial charge in [-0.3, -0.25) is 4.79 Å². The number of nitrogens with one attached hydrogen (secondary N) is 1. The monoisotopic (exact) mass is 259 g/mol. The van der Waals surface area contributed by atoms with E-state index in [-0.39, 0.29) is 6.42 Å². The second-order valence-electron chi connectivity index (χ2n) is 4.08. The fraction of sp³-hybridized carbons (Fsp3) is 0.700. The molecule has 0 saturated heterocycles. The van der Waals surface area contributed by atoms with Crippen LogP contribution in [0, 0.1) is 5.92 Å². The predicted molar refractivity (Wildman–Crippen MR) is 57.3 cm³/mol. The zero-order valence-corrected chi connectivity index (χ0v) is 9.46. The first-order chi connectivity index (χ1) is 6.66. The quantitative estimate of drug-likeness (QED) is 0.745. The molecule has 2 rings (SSSR count). The molecule has 1 saturated carbocycles. The molecule has 0 amide bonds. The van der Waals surface area contributed by atoms with Crippen molar-refractivity contribution < 1.29 is 9.90 Å². The van der Waals surface area contributed by atoms with E-state index in [1.54, 1.807) is 0 Å². The zero-order chi connectivity index (χ0) is 10.1. The number of halogens is 1. The van der Waals surface area contributed by atoms with Crippen LogP contribution in [0.25, 0.3) is 0 Å². The van der Waals surface area contributed by atoms with Crippen LogP contribution >= 0.6 is 15.9 Å². The Kier molecular flexibility index (Phi) is 2.81. The molecule has 1 aliphatic carbocycles. The minimum atomic E-state index is -0.726. The molecule has 3 unspecified atom stereocenters. The molecule has 1 heterocycles. The molecule has 1 aliphatic heterocycles. The van der Waals surface area contributed by atoms with Gasteiger partial charge in [0.15, 0.2) is 0 Å². The van der Waals surface area contributed by atoms with Gasteiger partial charge in [0.25, 0.3) is 0 Å². The summed E-state index contributed by atoms with van der Waals surface area (Å²) in [7, 11) is 0. The van der Waals surface area contributed by atoms with Crippen molar-refractivity contribution in [1.29, 1.82) is 0 Å². The first kappa shape index (κ1) is 10.0. The minimum Gasteiger partial charge on any atom is -0.481 e. The van der Waals surface area contributed by atoms with Crippen LogP contribution in [0.3, 0.4) is 0 Å². The van der Waals surface area contributed by atoms with Crippen LogP contribution in [0.2, 0.25) is 0 Å². The number of alkyl halides is 1. The maximum Gasteiger partial charge on any atom is 0.307 e. The van der Waals surface area contributed by atoms with Crippen LogP contribution in [-0.4, -0.2) is 21.9 Å². The topological polar surface area (TPSA) is 49.3 Å². The molecule has 3 atom stereocenters. The van der Waals surface area contributed by atoms with E-state index in [1.807, 2.05) is 6.20 Å². The van der Waals surface area contributed by atoms with E-state index in [1.165, 1.54) is 6.42 Å². The normalized spacial score (nSPS) is 35.8. The van der Waals surface area contributed by atoms with E-state index in [0.29, 0.717) is 16.8 Å². The van der Waals surface area contributed by atoms with Crippen LogP contribution in [0.15, 0.2) is 11.8 Å². The number of aliphatic carboxylic acids is 1. The Morgan fingerprint density at radius 3 is 3.14 bits per heavy atom. The van der Waals surface area contributed by atoms with Crippen LogP contribution in [0.4, 0.5) is 0 Å². The third-order valence-electron chi connectivity index (χ3n) is 3.10. The van der Waals surface area contributed by atoms with Gasteiger partial charge >= 0.3 is 5.97 Å². The molecule has 2 aliphatic rings. The van der Waals surface area contributed by atoms with E-state index in [2.05, 4.69) is 21.2 Å². The molecule has 2 N–H and O–H groups in total. The second kappa shape index (κ2) is 3.93. The molecular weight excluding hydrogens is 246 g/mol. The summed E-state index contributed by atoms with van der Waals surface area (Å²) in [4.78, 5) is 11.2. The maximum absolute atomic E-state index is 10.6. The summed E-state index contributed by atoms with van der Waals surface area (Å²) in [6, 6.07) is 0.484. The highest BCUT2D eigenvalue weighted by Gasteiger charge is 2.35. The highest BCUT2D eigenvalue weighted by atomic mass is 79.9. The van der Waals surface area contributed by atoms with Gasteiger partial charge < -0.3 is 10.4 Å². The smallest absolute Gasteiger partial charge is 0.307 e. The van der Waals surface area contributed by atoms with Gasteiger partial charge in [0, 0.05) is 16.8 Å². The van der Waals surface area contributed by atoms with Crippen molar-refractivity contribution in [2.24, 2.45) is 5.92 Å². The van der Waals surface area contributed by atoms with Crippen molar-refractivity contribution in [2.75, 3.05) is 0 Å². The van der Waals surface area contributed by atoms with E-state index in [4.69, 9.17) is 5.11 Å². The fourth-order valence-corrected chi connectivity index (χ4v) is 3.07. The average Bonchev–Trinajstić information content (AvgIpc) is 2.47. The Balaban J connectivity index is 2.02. The summed E-state index contributed by atoms with van der Waals surface area (Å²) < 4.78 is 0. The molecular formula is C10H14BrNO2. The molecule has 0 spiro atoms. The lowest BCUT2D eigenvalue weighted by Crippen LogP contribution is -2.34. The third-order valence-corrected chi connectivity index (χ3v) is 3.93. The molecule has 0 aromatic rings. The second-order valence-corrected chi connectivity index (χ2v) is 5.37. The average molecular weight is 260 g/mol. The zero-order valence-electron chi connectivity index (χ0n) is 7.87. The SMILES string of the molecule is O=C(O)CC1=CNC2CCC(Br)CC12. The van der Waals surface area contributed by atoms with Crippen molar-refractivity contribution >= 4 is 21.9 Å². The largest absolute Gasteiger partial charge is 0.481 e. The Bertz CT molecular complexity index is 277. The van der Waals surface area contributed by atoms with E-state index < -0.39 is 5.97 Å². The molecule has 78 valence electrons. The Hall–Kier alpha value is -0.510. The fourth-order valence-electron chi connectivity index (χ4n) is 2.41. The van der Waals surface area contributed by atoms with Gasteiger partial charge in [-0.1, -0.05) is 15.9 Å². The van der Waals surface area contributed by atoms with Gasteiger partial charge in [-0.25, -0.2) is 0 Å². The van der Waals surface area contributed by atoms with Gasteiger partial charge in [0.1, 0.15) is 0 Å². The summed E-state index contributed by atoms with van der Waals surface area (Å²) in [5, 5.41) is 12.0. The maximum atomic E-state index is 10.6. The molecule has 14 heavy (non-hydrogen) atoms. The summed E-state index contributed by atoms with van der Waals surface area (Å²) in [5.74, 6) is -0.292. The molecule has 1 fully saturated rings. The van der Waals surface area contributed by atoms with Gasteiger partial charge in [0.05, 0.1) is 6.42 Å². The third kappa shape index (κ3) is 1.95. The first-order valence-corrected chi connectivity index (χ1v) is 5.89. The van der Waals surface area contributed by atoms with Gasteiger partial charge in [-0.05, 0) is 31.0 Å². The summed E-state index contributed by atoms with van der Waals surface area (Å²) in [6.45, 7) is 0. The Morgan fingerprint density at radius 1 is 1.64 bits per heavy atom. The number of carboxylic acid groups (broad SMARTS) is 1. The molecule has 0 aromatic heterocycles. The molecule has 4 heteroatoms. The number of carbonyl (C=O) groups is 1. The molecule has 3 nitrogen and oxygen atoms in total. The first-order valence-electron chi connectivity index (χ1n) is 4.97. The number of hydrogen-bond donors (Lipinski definition) is 2. The molecule has 0 radical (unpaired) electrons. The van der Waals surface area contributed by atoms with Crippen LogP contribution in [-0.2, 0) is 4.79 Å². The minimum absolute atomic E-state index is 0.188. The summed E-state index contributed by atoms with van der Waals surface area (Å²) in [6.07, 6.45) is 5.49. The van der Waals surface area contributed by atoms with Crippen LogP contribution in [0.1, 0.15) is 25.7 Å². The van der Waals surface area contributed by atoms with Crippen molar-refractivity contribution in [1.82, 2.24) is 5.32 Å². The highest BCUT2D eigenvalue weighted by Crippen LogP contribution is 2.37. The number of hydrogen-bond acceptors (Lipinski definition) is 2. The summed E-state index contributed by atoms with van der Waals surface area (Å²) >= 11 is 3.62. The van der Waals surface area contributed by atoms with E-state index in [9.17, 15) is 4.79 Å². The lowest BCUT2D eigenvalue weighted by Gasteiger charge is -2.30. The number of carboxylic acids is 1. The van der Waals surface area contributed by atoms with Crippen LogP contribution in [0.5, 0.6) is 0 Å². The van der Waals surface area contributed by atoms with Gasteiger partial charge in [-0.2, -0.15) is 0 Å². The van der Waals surface area contributed by atoms with Crippen molar-refractivity contribution in [2.45, 2.75) is 36.6 Å². The lowest BCUT2D eigenvalue weighted by atomic mass is 9.81. The van der Waals surface area contributed by atoms with Gasteiger partial charge in [-0.15, -0.1) is 0 Å². The number of fused-ring (bicyclic) bond motifs is 1. The Labute approximate surface area is 91.7 Å².